The predicted molar refractivity (Wildman–Crippen MR) is 84.8 cm³/mol. The zero-order chi connectivity index (χ0) is 16.1. The Balaban J connectivity index is 2.00. The fraction of sp³-hybridized carbons (Fsp3) is 0.471. The Kier molecular flexibility index (Phi) is 3.46. The van der Waals surface area contributed by atoms with Gasteiger partial charge in [-0.25, -0.2) is 8.78 Å². The topological polar surface area (TPSA) is 18.8 Å². The standard InChI is InChI=1S/C17H21F2N3/c1-11-8-21-10-20-16(17(2,3)4)15(21)9-22(11)12-5-6-13(18)14(19)7-12/h5-7,9,11H,8,10H2,1-4H3. The van der Waals surface area contributed by atoms with Gasteiger partial charge in [0, 0.05) is 36.0 Å². The Bertz CT molecular complexity index is 658. The van der Waals surface area contributed by atoms with Crippen LogP contribution in [-0.2, 0) is 0 Å². The lowest BCUT2D eigenvalue weighted by molar-refractivity contribution is 0.344. The molecular formula is C17H21F2N3. The van der Waals surface area contributed by atoms with Crippen molar-refractivity contribution in [1.82, 2.24) is 4.90 Å². The highest BCUT2D eigenvalue weighted by Gasteiger charge is 2.35. The third kappa shape index (κ3) is 2.49. The Hall–Kier alpha value is -1.91. The van der Waals surface area contributed by atoms with Crippen LogP contribution in [0.2, 0.25) is 0 Å². The fourth-order valence-electron chi connectivity index (χ4n) is 3.02. The van der Waals surface area contributed by atoms with Crippen molar-refractivity contribution in [1.29, 1.82) is 0 Å². The molecule has 0 radical (unpaired) electrons. The van der Waals surface area contributed by atoms with Gasteiger partial charge < -0.3 is 9.80 Å². The lowest BCUT2D eigenvalue weighted by Crippen LogP contribution is -2.45. The molecule has 0 spiro atoms. The van der Waals surface area contributed by atoms with Crippen molar-refractivity contribution in [3.63, 3.8) is 0 Å². The molecule has 0 saturated heterocycles. The second-order valence-corrected chi connectivity index (χ2v) is 6.99. The fourth-order valence-corrected chi connectivity index (χ4v) is 3.02. The van der Waals surface area contributed by atoms with Gasteiger partial charge in [0.15, 0.2) is 11.6 Å². The first-order chi connectivity index (χ1) is 10.3. The number of anilines is 1. The van der Waals surface area contributed by atoms with E-state index in [1.165, 1.54) is 12.1 Å². The van der Waals surface area contributed by atoms with E-state index in [0.29, 0.717) is 12.4 Å². The number of allylic oxidation sites excluding steroid dienone is 1. The maximum absolute atomic E-state index is 13.5. The van der Waals surface area contributed by atoms with Crippen molar-refractivity contribution >= 4 is 11.4 Å². The zero-order valence-electron chi connectivity index (χ0n) is 13.4. The molecular weight excluding hydrogens is 284 g/mol. The minimum atomic E-state index is -0.819. The molecule has 1 atom stereocenters. The molecule has 2 aliphatic heterocycles. The maximum Gasteiger partial charge on any atom is 0.160 e. The molecule has 0 amide bonds. The van der Waals surface area contributed by atoms with Crippen molar-refractivity contribution in [2.75, 3.05) is 18.1 Å². The summed E-state index contributed by atoms with van der Waals surface area (Å²) >= 11 is 0. The first kappa shape index (κ1) is 15.0. The molecule has 2 aliphatic rings. The Morgan fingerprint density at radius 1 is 1.18 bits per heavy atom. The van der Waals surface area contributed by atoms with Crippen LogP contribution >= 0.6 is 0 Å². The molecule has 1 aromatic carbocycles. The van der Waals surface area contributed by atoms with Gasteiger partial charge in [-0.15, -0.1) is 0 Å². The first-order valence-corrected chi connectivity index (χ1v) is 7.53. The summed E-state index contributed by atoms with van der Waals surface area (Å²) in [6, 6.07) is 4.21. The van der Waals surface area contributed by atoms with E-state index in [1.807, 2.05) is 11.1 Å². The molecule has 0 N–H and O–H groups in total. The van der Waals surface area contributed by atoms with Gasteiger partial charge in [-0.3, -0.25) is 4.99 Å². The van der Waals surface area contributed by atoms with Crippen molar-refractivity contribution in [3.05, 3.63) is 41.7 Å². The molecule has 0 saturated carbocycles. The summed E-state index contributed by atoms with van der Waals surface area (Å²) in [5, 5.41) is 0. The highest BCUT2D eigenvalue weighted by atomic mass is 19.2. The van der Waals surface area contributed by atoms with Gasteiger partial charge in [0.05, 0.1) is 11.4 Å². The third-order valence-corrected chi connectivity index (χ3v) is 4.12. The van der Waals surface area contributed by atoms with E-state index < -0.39 is 11.6 Å². The van der Waals surface area contributed by atoms with Crippen LogP contribution in [-0.4, -0.2) is 29.9 Å². The number of fused-ring (bicyclic) bond motifs is 1. The minimum Gasteiger partial charge on any atom is -0.347 e. The summed E-state index contributed by atoms with van der Waals surface area (Å²) in [5.41, 5.74) is 2.77. The molecule has 2 heterocycles. The van der Waals surface area contributed by atoms with E-state index in [-0.39, 0.29) is 11.5 Å². The average molecular weight is 305 g/mol. The smallest absolute Gasteiger partial charge is 0.160 e. The lowest BCUT2D eigenvalue weighted by atomic mass is 9.87. The number of rotatable bonds is 1. The number of hydrogen-bond acceptors (Lipinski definition) is 3. The number of nitrogens with zero attached hydrogens (tertiary/aromatic N) is 3. The van der Waals surface area contributed by atoms with Gasteiger partial charge >= 0.3 is 0 Å². The normalized spacial score (nSPS) is 21.6. The average Bonchev–Trinajstić information content (AvgIpc) is 2.83. The van der Waals surface area contributed by atoms with Crippen LogP contribution in [0.25, 0.3) is 0 Å². The van der Waals surface area contributed by atoms with Gasteiger partial charge in [-0.05, 0) is 19.1 Å². The van der Waals surface area contributed by atoms with Crippen LogP contribution in [0, 0.1) is 17.0 Å². The van der Waals surface area contributed by atoms with E-state index in [9.17, 15) is 8.78 Å². The zero-order valence-corrected chi connectivity index (χ0v) is 13.4. The van der Waals surface area contributed by atoms with E-state index in [2.05, 4.69) is 37.6 Å². The second-order valence-electron chi connectivity index (χ2n) is 6.99. The first-order valence-electron chi connectivity index (χ1n) is 7.53. The molecule has 0 aromatic heterocycles. The Morgan fingerprint density at radius 3 is 2.55 bits per heavy atom. The molecule has 0 aliphatic carbocycles. The summed E-state index contributed by atoms with van der Waals surface area (Å²) in [4.78, 5) is 8.90. The third-order valence-electron chi connectivity index (χ3n) is 4.12. The van der Waals surface area contributed by atoms with Crippen LogP contribution in [0.3, 0.4) is 0 Å². The summed E-state index contributed by atoms with van der Waals surface area (Å²) in [5.74, 6) is -1.64. The van der Waals surface area contributed by atoms with Crippen LogP contribution < -0.4 is 4.90 Å². The quantitative estimate of drug-likeness (QED) is 0.786. The van der Waals surface area contributed by atoms with Gasteiger partial charge in [0.25, 0.3) is 0 Å². The SMILES string of the molecule is CC1CN2CN=C(C(C)(C)C)C2=CN1c1ccc(F)c(F)c1. The second kappa shape index (κ2) is 5.07. The molecule has 118 valence electrons. The highest BCUT2D eigenvalue weighted by molar-refractivity contribution is 6.05. The van der Waals surface area contributed by atoms with Gasteiger partial charge in [-0.2, -0.15) is 0 Å². The molecule has 5 heteroatoms. The predicted octanol–water partition coefficient (Wildman–Crippen LogP) is 3.77. The molecule has 0 fully saturated rings. The van der Waals surface area contributed by atoms with Crippen molar-refractivity contribution < 1.29 is 8.78 Å². The molecule has 3 rings (SSSR count). The minimum absolute atomic E-state index is 0.0408. The number of aliphatic imine (C=N–C) groups is 1. The van der Waals surface area contributed by atoms with Gasteiger partial charge in [0.2, 0.25) is 0 Å². The molecule has 0 bridgehead atoms. The molecule has 1 unspecified atom stereocenters. The van der Waals surface area contributed by atoms with E-state index in [1.54, 1.807) is 6.07 Å². The molecule has 3 nitrogen and oxygen atoms in total. The lowest BCUT2D eigenvalue weighted by Gasteiger charge is -2.39. The van der Waals surface area contributed by atoms with Crippen molar-refractivity contribution in [2.24, 2.45) is 10.4 Å². The summed E-state index contributed by atoms with van der Waals surface area (Å²) in [6.45, 7) is 9.97. The number of hydrogen-bond donors (Lipinski definition) is 0. The number of halogens is 2. The maximum atomic E-state index is 13.5. The van der Waals surface area contributed by atoms with Crippen LogP contribution in [0.4, 0.5) is 14.5 Å². The van der Waals surface area contributed by atoms with Gasteiger partial charge in [0.1, 0.15) is 6.67 Å². The van der Waals surface area contributed by atoms with Crippen molar-refractivity contribution in [3.8, 4) is 0 Å². The van der Waals surface area contributed by atoms with Crippen LogP contribution in [0.15, 0.2) is 35.1 Å². The van der Waals surface area contributed by atoms with Crippen molar-refractivity contribution in [2.45, 2.75) is 33.7 Å². The van der Waals surface area contributed by atoms with E-state index in [0.717, 1.165) is 18.0 Å². The monoisotopic (exact) mass is 305 g/mol. The van der Waals surface area contributed by atoms with Crippen LogP contribution in [0.5, 0.6) is 0 Å². The largest absolute Gasteiger partial charge is 0.347 e. The Labute approximate surface area is 129 Å². The number of benzene rings is 1. The highest BCUT2D eigenvalue weighted by Crippen LogP contribution is 2.33. The van der Waals surface area contributed by atoms with E-state index >= 15 is 0 Å². The Morgan fingerprint density at radius 2 is 1.91 bits per heavy atom. The van der Waals surface area contributed by atoms with Crippen LogP contribution in [0.1, 0.15) is 27.7 Å². The summed E-state index contributed by atoms with van der Waals surface area (Å²) in [6.07, 6.45) is 2.01. The summed E-state index contributed by atoms with van der Waals surface area (Å²) in [7, 11) is 0. The van der Waals surface area contributed by atoms with Gasteiger partial charge in [-0.1, -0.05) is 20.8 Å². The molecule has 22 heavy (non-hydrogen) atoms. The summed E-state index contributed by atoms with van der Waals surface area (Å²) < 4.78 is 26.7. The van der Waals surface area contributed by atoms with E-state index in [4.69, 9.17) is 0 Å². The molecule has 1 aromatic rings.